The summed E-state index contributed by atoms with van der Waals surface area (Å²) in [5.74, 6) is -1.92. The Kier molecular flexibility index (Phi) is 4.33. The van der Waals surface area contributed by atoms with Crippen LogP contribution in [0.1, 0.15) is 26.3 Å². The third kappa shape index (κ3) is 3.33. The van der Waals surface area contributed by atoms with E-state index in [-0.39, 0.29) is 22.5 Å². The number of hydrogen-bond donors (Lipinski definition) is 2. The summed E-state index contributed by atoms with van der Waals surface area (Å²) in [5, 5.41) is 2.70. The fraction of sp³-hybridized carbons (Fsp3) is 0. The number of aromatic nitrogens is 1. The molecule has 0 aliphatic heterocycles. The van der Waals surface area contributed by atoms with Crippen molar-refractivity contribution in [3.63, 3.8) is 0 Å². The molecule has 0 spiro atoms. The van der Waals surface area contributed by atoms with Crippen molar-refractivity contribution >= 4 is 28.5 Å². The number of carbonyl (C=O) groups excluding carboxylic acids is 2. The van der Waals surface area contributed by atoms with Gasteiger partial charge in [0.25, 0.3) is 5.91 Å². The Hall–Kier alpha value is -4.00. The van der Waals surface area contributed by atoms with Gasteiger partial charge in [-0.3, -0.25) is 14.6 Å². The highest BCUT2D eigenvalue weighted by molar-refractivity contribution is 6.17. The van der Waals surface area contributed by atoms with E-state index in [4.69, 9.17) is 4.42 Å². The number of oxazole rings is 1. The normalized spacial score (nSPS) is 10.8. The zero-order chi connectivity index (χ0) is 19.7. The third-order valence-electron chi connectivity index (χ3n) is 4.20. The summed E-state index contributed by atoms with van der Waals surface area (Å²) in [7, 11) is 0. The number of aromatic amines is 1. The number of amides is 1. The fourth-order valence-electron chi connectivity index (χ4n) is 2.86. The van der Waals surface area contributed by atoms with E-state index in [0.29, 0.717) is 16.8 Å². The molecule has 0 fully saturated rings. The minimum absolute atomic E-state index is 0.178. The lowest BCUT2D eigenvalue weighted by Gasteiger charge is -2.10. The summed E-state index contributed by atoms with van der Waals surface area (Å²) in [6.07, 6.45) is 0. The van der Waals surface area contributed by atoms with Crippen LogP contribution in [-0.2, 0) is 0 Å². The number of benzene rings is 3. The van der Waals surface area contributed by atoms with E-state index in [2.05, 4.69) is 10.3 Å². The monoisotopic (exact) mass is 376 g/mol. The Morgan fingerprint density at radius 2 is 1.64 bits per heavy atom. The summed E-state index contributed by atoms with van der Waals surface area (Å²) < 4.78 is 18.0. The second kappa shape index (κ2) is 6.96. The van der Waals surface area contributed by atoms with Crippen molar-refractivity contribution in [3.05, 3.63) is 99.8 Å². The summed E-state index contributed by atoms with van der Waals surface area (Å²) in [6.45, 7) is 0. The van der Waals surface area contributed by atoms with Crippen molar-refractivity contribution in [1.82, 2.24) is 4.98 Å². The first-order valence-corrected chi connectivity index (χ1v) is 8.35. The smallest absolute Gasteiger partial charge is 0.408 e. The van der Waals surface area contributed by atoms with Crippen LogP contribution in [0.3, 0.4) is 0 Å². The minimum Gasteiger partial charge on any atom is -0.408 e. The van der Waals surface area contributed by atoms with E-state index >= 15 is 0 Å². The molecule has 7 heteroatoms. The van der Waals surface area contributed by atoms with Gasteiger partial charge in [0, 0.05) is 16.8 Å². The molecule has 0 saturated heterocycles. The molecule has 0 atom stereocenters. The van der Waals surface area contributed by atoms with Crippen molar-refractivity contribution < 1.29 is 18.4 Å². The van der Waals surface area contributed by atoms with Gasteiger partial charge in [-0.15, -0.1) is 0 Å². The van der Waals surface area contributed by atoms with Gasteiger partial charge in [-0.2, -0.15) is 0 Å². The van der Waals surface area contributed by atoms with Crippen LogP contribution in [-0.4, -0.2) is 16.7 Å². The lowest BCUT2D eigenvalue weighted by molar-refractivity contribution is 0.0996. The number of hydrogen-bond acceptors (Lipinski definition) is 4. The van der Waals surface area contributed by atoms with Gasteiger partial charge >= 0.3 is 5.76 Å². The highest BCUT2D eigenvalue weighted by Crippen LogP contribution is 2.20. The van der Waals surface area contributed by atoms with Crippen molar-refractivity contribution in [1.29, 1.82) is 0 Å². The van der Waals surface area contributed by atoms with Crippen LogP contribution in [0, 0.1) is 5.82 Å². The molecule has 0 radical (unpaired) electrons. The molecule has 0 saturated carbocycles. The molecule has 4 rings (SSSR count). The third-order valence-corrected chi connectivity index (χ3v) is 4.20. The van der Waals surface area contributed by atoms with Crippen LogP contribution in [0.15, 0.2) is 75.9 Å². The summed E-state index contributed by atoms with van der Waals surface area (Å²) in [4.78, 5) is 39.3. The largest absolute Gasteiger partial charge is 0.417 e. The van der Waals surface area contributed by atoms with E-state index in [9.17, 15) is 18.8 Å². The molecule has 28 heavy (non-hydrogen) atoms. The molecule has 1 aromatic heterocycles. The van der Waals surface area contributed by atoms with Crippen LogP contribution in [0.25, 0.3) is 11.1 Å². The Labute approximate surface area is 157 Å². The molecule has 0 unspecified atom stereocenters. The summed E-state index contributed by atoms with van der Waals surface area (Å²) in [6, 6.07) is 16.2. The molecule has 0 aliphatic rings. The van der Waals surface area contributed by atoms with Crippen molar-refractivity contribution in [2.24, 2.45) is 0 Å². The Balaban J connectivity index is 1.64. The number of carbonyl (C=O) groups is 2. The summed E-state index contributed by atoms with van der Waals surface area (Å²) in [5.41, 5.74) is 1.90. The molecular weight excluding hydrogens is 363 g/mol. The van der Waals surface area contributed by atoms with E-state index < -0.39 is 17.5 Å². The van der Waals surface area contributed by atoms with Gasteiger partial charge in [0.1, 0.15) is 5.82 Å². The van der Waals surface area contributed by atoms with Crippen molar-refractivity contribution in [2.45, 2.75) is 0 Å². The zero-order valence-electron chi connectivity index (χ0n) is 14.4. The van der Waals surface area contributed by atoms with Gasteiger partial charge in [0.15, 0.2) is 11.4 Å². The maximum atomic E-state index is 13.1. The van der Waals surface area contributed by atoms with E-state index in [1.165, 1.54) is 36.4 Å². The predicted molar refractivity (Wildman–Crippen MR) is 101 cm³/mol. The second-order valence-electron chi connectivity index (χ2n) is 6.06. The maximum absolute atomic E-state index is 13.1. The number of rotatable bonds is 4. The van der Waals surface area contributed by atoms with Crippen LogP contribution in [0.5, 0.6) is 0 Å². The Morgan fingerprint density at radius 3 is 2.39 bits per heavy atom. The van der Waals surface area contributed by atoms with Crippen LogP contribution in [0.4, 0.5) is 10.1 Å². The Bertz CT molecular complexity index is 1260. The van der Waals surface area contributed by atoms with Gasteiger partial charge in [-0.1, -0.05) is 18.2 Å². The van der Waals surface area contributed by atoms with Gasteiger partial charge in [-0.25, -0.2) is 9.18 Å². The van der Waals surface area contributed by atoms with Gasteiger partial charge < -0.3 is 9.73 Å². The number of fused-ring (bicyclic) bond motifs is 1. The number of anilines is 1. The average molecular weight is 376 g/mol. The number of nitrogens with one attached hydrogen (secondary N) is 2. The molecule has 4 aromatic rings. The van der Waals surface area contributed by atoms with Crippen LogP contribution < -0.4 is 11.1 Å². The summed E-state index contributed by atoms with van der Waals surface area (Å²) >= 11 is 0. The van der Waals surface area contributed by atoms with Crippen LogP contribution in [0.2, 0.25) is 0 Å². The SMILES string of the molecule is O=C(Nc1ccc2oc(=O)[nH]c2c1)c1ccccc1C(=O)c1ccc(F)cc1. The number of ketones is 1. The number of halogens is 1. The molecule has 1 amide bonds. The first kappa shape index (κ1) is 17.4. The van der Waals surface area contributed by atoms with Gasteiger partial charge in [0.2, 0.25) is 0 Å². The average Bonchev–Trinajstić information content (AvgIpc) is 3.07. The van der Waals surface area contributed by atoms with Gasteiger partial charge in [0.05, 0.1) is 11.1 Å². The van der Waals surface area contributed by atoms with Crippen molar-refractivity contribution in [3.8, 4) is 0 Å². The molecular formula is C21H13FN2O4. The van der Waals surface area contributed by atoms with E-state index in [1.807, 2.05) is 0 Å². The van der Waals surface area contributed by atoms with E-state index in [1.54, 1.807) is 30.3 Å². The first-order chi connectivity index (χ1) is 13.5. The molecule has 1 heterocycles. The maximum Gasteiger partial charge on any atom is 0.417 e. The van der Waals surface area contributed by atoms with E-state index in [0.717, 1.165) is 0 Å². The van der Waals surface area contributed by atoms with Crippen molar-refractivity contribution in [2.75, 3.05) is 5.32 Å². The predicted octanol–water partition coefficient (Wildman–Crippen LogP) is 3.74. The fourth-order valence-corrected chi connectivity index (χ4v) is 2.86. The standard InChI is InChI=1S/C21H13FN2O4/c22-13-7-5-12(6-8-13)19(25)15-3-1-2-4-16(15)20(26)23-14-9-10-18-17(11-14)24-21(27)28-18/h1-11H,(H,23,26)(H,24,27). The van der Waals surface area contributed by atoms with Crippen LogP contribution >= 0.6 is 0 Å². The molecule has 3 aromatic carbocycles. The van der Waals surface area contributed by atoms with Gasteiger partial charge in [-0.05, 0) is 48.5 Å². The quantitative estimate of drug-likeness (QED) is 0.531. The molecule has 6 nitrogen and oxygen atoms in total. The highest BCUT2D eigenvalue weighted by Gasteiger charge is 2.18. The Morgan fingerprint density at radius 1 is 0.929 bits per heavy atom. The lowest BCUT2D eigenvalue weighted by atomic mass is 9.98. The number of H-pyrrole nitrogens is 1. The first-order valence-electron chi connectivity index (χ1n) is 8.35. The molecule has 0 bridgehead atoms. The second-order valence-corrected chi connectivity index (χ2v) is 6.06. The lowest BCUT2D eigenvalue weighted by Crippen LogP contribution is -2.17. The molecule has 2 N–H and O–H groups in total. The zero-order valence-corrected chi connectivity index (χ0v) is 14.4. The molecule has 0 aliphatic carbocycles. The topological polar surface area (TPSA) is 92.2 Å². The minimum atomic E-state index is -0.589. The highest BCUT2D eigenvalue weighted by atomic mass is 19.1. The molecule has 138 valence electrons.